The molecule has 1 aliphatic rings. The van der Waals surface area contributed by atoms with Crippen molar-refractivity contribution in [2.24, 2.45) is 5.14 Å². The molecule has 0 bridgehead atoms. The third kappa shape index (κ3) is 4.06. The molecule has 1 fully saturated rings. The molecule has 1 saturated carbocycles. The number of rotatable bonds is 6. The molecule has 0 aliphatic heterocycles. The molecule has 2 aromatic heterocycles. The highest BCUT2D eigenvalue weighted by Crippen LogP contribution is 2.43. The molecular formula is C23H22N4O2S2. The maximum Gasteiger partial charge on any atom is 0.238 e. The van der Waals surface area contributed by atoms with E-state index in [2.05, 4.69) is 22.8 Å². The van der Waals surface area contributed by atoms with Gasteiger partial charge < -0.3 is 5.32 Å². The van der Waals surface area contributed by atoms with Crippen LogP contribution in [0, 0.1) is 0 Å². The molecular weight excluding hydrogens is 428 g/mol. The van der Waals surface area contributed by atoms with Gasteiger partial charge in [-0.3, -0.25) is 0 Å². The molecule has 6 nitrogen and oxygen atoms in total. The number of hydrogen-bond donors (Lipinski definition) is 2. The highest BCUT2D eigenvalue weighted by Gasteiger charge is 2.29. The van der Waals surface area contributed by atoms with Crippen molar-refractivity contribution >= 4 is 37.4 Å². The summed E-state index contributed by atoms with van der Waals surface area (Å²) in [5, 5.41) is 12.0. The Labute approximate surface area is 185 Å². The monoisotopic (exact) mass is 450 g/mol. The summed E-state index contributed by atoms with van der Waals surface area (Å²) in [5.41, 5.74) is 3.03. The summed E-state index contributed by atoms with van der Waals surface area (Å²) in [5.74, 6) is 2.08. The topological polar surface area (TPSA) is 98.0 Å². The minimum atomic E-state index is -3.76. The number of nitrogens with zero attached hydrogens (tertiary/aromatic N) is 2. The zero-order chi connectivity index (χ0) is 21.6. The number of primary sulfonamides is 1. The number of anilines is 1. The first-order chi connectivity index (χ1) is 14.9. The summed E-state index contributed by atoms with van der Waals surface area (Å²) >= 11 is 1.62. The Morgan fingerprint density at radius 3 is 2.58 bits per heavy atom. The number of thiophene rings is 1. The first-order valence-corrected chi connectivity index (χ1v) is 12.6. The molecule has 31 heavy (non-hydrogen) atoms. The number of aromatic nitrogens is 2. The predicted molar refractivity (Wildman–Crippen MR) is 125 cm³/mol. The third-order valence-electron chi connectivity index (χ3n) is 5.52. The van der Waals surface area contributed by atoms with Crippen LogP contribution in [-0.2, 0) is 10.0 Å². The van der Waals surface area contributed by atoms with Gasteiger partial charge in [0, 0.05) is 16.9 Å². The van der Waals surface area contributed by atoms with Crippen LogP contribution in [0.25, 0.3) is 21.3 Å². The van der Waals surface area contributed by atoms with Crippen molar-refractivity contribution in [2.75, 3.05) is 5.32 Å². The van der Waals surface area contributed by atoms with Gasteiger partial charge in [0.2, 0.25) is 10.0 Å². The normalized spacial score (nSPS) is 15.2. The molecule has 8 heteroatoms. The molecule has 0 saturated heterocycles. The van der Waals surface area contributed by atoms with Crippen molar-refractivity contribution < 1.29 is 8.42 Å². The molecule has 2 heterocycles. The van der Waals surface area contributed by atoms with Gasteiger partial charge in [-0.25, -0.2) is 23.5 Å². The van der Waals surface area contributed by atoms with E-state index in [1.807, 2.05) is 31.2 Å². The Balaban J connectivity index is 1.59. The lowest BCUT2D eigenvalue weighted by Crippen LogP contribution is -2.14. The Morgan fingerprint density at radius 1 is 1.10 bits per heavy atom. The fraction of sp³-hybridized carbons (Fsp3) is 0.217. The van der Waals surface area contributed by atoms with Crippen molar-refractivity contribution in [3.63, 3.8) is 0 Å². The van der Waals surface area contributed by atoms with Crippen LogP contribution in [0.4, 0.5) is 5.82 Å². The summed E-state index contributed by atoms with van der Waals surface area (Å²) in [6.07, 6.45) is 2.24. The molecule has 0 radical (unpaired) electrons. The fourth-order valence-corrected chi connectivity index (χ4v) is 5.19. The van der Waals surface area contributed by atoms with Gasteiger partial charge in [-0.1, -0.05) is 42.5 Å². The van der Waals surface area contributed by atoms with E-state index in [0.29, 0.717) is 5.92 Å². The van der Waals surface area contributed by atoms with Crippen LogP contribution in [0.3, 0.4) is 0 Å². The van der Waals surface area contributed by atoms with Crippen LogP contribution in [0.1, 0.15) is 43.1 Å². The van der Waals surface area contributed by atoms with Gasteiger partial charge in [-0.2, -0.15) is 0 Å². The molecule has 1 atom stereocenters. The summed E-state index contributed by atoms with van der Waals surface area (Å²) in [7, 11) is -3.76. The van der Waals surface area contributed by atoms with Crippen LogP contribution in [0.15, 0.2) is 64.9 Å². The Hall–Kier alpha value is -2.81. The van der Waals surface area contributed by atoms with Gasteiger partial charge in [0.25, 0.3) is 0 Å². The van der Waals surface area contributed by atoms with Crippen molar-refractivity contribution in [3.8, 4) is 11.1 Å². The van der Waals surface area contributed by atoms with Gasteiger partial charge in [0.05, 0.1) is 16.3 Å². The predicted octanol–water partition coefficient (Wildman–Crippen LogP) is 5.06. The second kappa shape index (κ2) is 7.71. The Bertz CT molecular complexity index is 1360. The Morgan fingerprint density at radius 2 is 1.87 bits per heavy atom. The van der Waals surface area contributed by atoms with E-state index >= 15 is 0 Å². The van der Waals surface area contributed by atoms with E-state index in [4.69, 9.17) is 15.1 Å². The first kappa shape index (κ1) is 20.1. The molecule has 1 unspecified atom stereocenters. The number of nitrogens with one attached hydrogen (secondary N) is 1. The highest BCUT2D eigenvalue weighted by atomic mass is 32.2. The van der Waals surface area contributed by atoms with Crippen LogP contribution < -0.4 is 10.5 Å². The Kier molecular flexibility index (Phi) is 5.00. The second-order valence-electron chi connectivity index (χ2n) is 7.88. The van der Waals surface area contributed by atoms with Crippen molar-refractivity contribution in [1.29, 1.82) is 0 Å². The lowest BCUT2D eigenvalue weighted by atomic mass is 10.1. The zero-order valence-electron chi connectivity index (χ0n) is 16.9. The van der Waals surface area contributed by atoms with Crippen molar-refractivity contribution in [1.82, 2.24) is 9.97 Å². The van der Waals surface area contributed by atoms with Gasteiger partial charge >= 0.3 is 0 Å². The highest BCUT2D eigenvalue weighted by molar-refractivity contribution is 7.89. The maximum atomic E-state index is 11.8. The van der Waals surface area contributed by atoms with Crippen molar-refractivity contribution in [2.45, 2.75) is 36.6 Å². The van der Waals surface area contributed by atoms with E-state index in [-0.39, 0.29) is 10.9 Å². The van der Waals surface area contributed by atoms with Crippen LogP contribution in [0.5, 0.6) is 0 Å². The van der Waals surface area contributed by atoms with E-state index in [1.165, 1.54) is 6.07 Å². The minimum absolute atomic E-state index is 0.102. The summed E-state index contributed by atoms with van der Waals surface area (Å²) in [6.45, 7) is 1.99. The average Bonchev–Trinajstić information content (AvgIpc) is 3.53. The van der Waals surface area contributed by atoms with Gasteiger partial charge in [0.15, 0.2) is 0 Å². The summed E-state index contributed by atoms with van der Waals surface area (Å²) in [6, 6.07) is 16.7. The zero-order valence-corrected chi connectivity index (χ0v) is 18.6. The smallest absolute Gasteiger partial charge is 0.238 e. The van der Waals surface area contributed by atoms with Crippen LogP contribution in [-0.4, -0.2) is 18.4 Å². The van der Waals surface area contributed by atoms with Gasteiger partial charge in [-0.15, -0.1) is 11.3 Å². The second-order valence-corrected chi connectivity index (χ2v) is 10.3. The van der Waals surface area contributed by atoms with Crippen molar-refractivity contribution in [3.05, 3.63) is 71.4 Å². The molecule has 3 N–H and O–H groups in total. The molecule has 2 aromatic carbocycles. The van der Waals surface area contributed by atoms with Crippen LogP contribution in [0.2, 0.25) is 0 Å². The number of sulfonamides is 1. The molecule has 1 aliphatic carbocycles. The molecule has 158 valence electrons. The summed E-state index contributed by atoms with van der Waals surface area (Å²) in [4.78, 5) is 10.8. The van der Waals surface area contributed by atoms with E-state index in [0.717, 1.165) is 51.4 Å². The van der Waals surface area contributed by atoms with E-state index in [9.17, 15) is 8.42 Å². The number of fused-ring (bicyclic) bond motifs is 1. The molecule has 4 aromatic rings. The first-order valence-electron chi connectivity index (χ1n) is 10.1. The SMILES string of the molecule is CC(Nc1nc(C2CC2)nc2scc(-c3ccccc3)c12)c1cccc(S(N)(=O)=O)c1. The average molecular weight is 451 g/mol. The fourth-order valence-electron chi connectivity index (χ4n) is 3.67. The molecule has 0 amide bonds. The van der Waals surface area contributed by atoms with Crippen LogP contribution >= 0.6 is 11.3 Å². The van der Waals surface area contributed by atoms with Gasteiger partial charge in [0.1, 0.15) is 16.5 Å². The quantitative estimate of drug-likeness (QED) is 0.428. The maximum absolute atomic E-state index is 11.8. The third-order valence-corrected chi connectivity index (χ3v) is 7.30. The summed E-state index contributed by atoms with van der Waals surface area (Å²) < 4.78 is 23.5. The molecule has 5 rings (SSSR count). The number of benzene rings is 2. The number of hydrogen-bond acceptors (Lipinski definition) is 6. The number of nitrogens with two attached hydrogens (primary N) is 1. The lowest BCUT2D eigenvalue weighted by Gasteiger charge is -2.18. The molecule has 0 spiro atoms. The largest absolute Gasteiger partial charge is 0.363 e. The van der Waals surface area contributed by atoms with Gasteiger partial charge in [-0.05, 0) is 43.0 Å². The van der Waals surface area contributed by atoms with E-state index in [1.54, 1.807) is 23.5 Å². The minimum Gasteiger partial charge on any atom is -0.363 e. The lowest BCUT2D eigenvalue weighted by molar-refractivity contribution is 0.597. The van der Waals surface area contributed by atoms with E-state index < -0.39 is 10.0 Å². The standard InChI is InChI=1S/C23H22N4O2S2/c1-14(17-8-5-9-18(12-17)31(24,28)29)25-22-20-19(15-6-3-2-4-7-15)13-30-23(20)27-21(26-22)16-10-11-16/h2-9,12-14,16H,10-11H2,1H3,(H2,24,28,29)(H,25,26,27).